The summed E-state index contributed by atoms with van der Waals surface area (Å²) in [5.41, 5.74) is 2.58. The maximum Gasteiger partial charge on any atom is 0.339 e. The smallest absolute Gasteiger partial charge is 0.339 e. The van der Waals surface area contributed by atoms with Gasteiger partial charge in [-0.25, -0.2) is 13.2 Å². The maximum atomic E-state index is 12.3. The minimum absolute atomic E-state index is 0.0363. The lowest BCUT2D eigenvalue weighted by molar-refractivity contribution is 0.0504. The third-order valence-electron chi connectivity index (χ3n) is 4.51. The first kappa shape index (κ1) is 17.7. The van der Waals surface area contributed by atoms with Crippen LogP contribution >= 0.6 is 0 Å². The summed E-state index contributed by atoms with van der Waals surface area (Å²) >= 11 is 0. The van der Waals surface area contributed by atoms with E-state index in [0.29, 0.717) is 16.5 Å². The topological polar surface area (TPSA) is 65.4 Å². The van der Waals surface area contributed by atoms with Gasteiger partial charge in [0.05, 0.1) is 22.8 Å². The van der Waals surface area contributed by atoms with E-state index in [1.165, 1.54) is 0 Å². The molecule has 0 radical (unpaired) electrons. The Labute approximate surface area is 148 Å². The molecule has 1 heterocycles. The minimum atomic E-state index is -3.33. The quantitative estimate of drug-likeness (QED) is 0.559. The molecule has 0 aliphatic heterocycles. The van der Waals surface area contributed by atoms with Gasteiger partial charge in [-0.1, -0.05) is 18.2 Å². The lowest BCUT2D eigenvalue weighted by Gasteiger charge is -2.08. The Morgan fingerprint density at radius 2 is 1.88 bits per heavy atom. The Bertz CT molecular complexity index is 864. The van der Waals surface area contributed by atoms with Crippen molar-refractivity contribution in [2.24, 2.45) is 0 Å². The number of ether oxygens (including phenoxy) is 1. The molecule has 1 aromatic heterocycles. The SMILES string of the molecule is Cc1cc(C(=O)OCCCS(=O)(=O)c2ccccc2)c(C)n1C1CC1. The van der Waals surface area contributed by atoms with Crippen LogP contribution in [0.4, 0.5) is 0 Å². The molecule has 1 saturated carbocycles. The van der Waals surface area contributed by atoms with Crippen molar-refractivity contribution in [2.75, 3.05) is 12.4 Å². The van der Waals surface area contributed by atoms with Crippen molar-refractivity contribution in [2.45, 2.75) is 44.0 Å². The average molecular weight is 361 g/mol. The summed E-state index contributed by atoms with van der Waals surface area (Å²) in [7, 11) is -3.33. The van der Waals surface area contributed by atoms with Gasteiger partial charge in [0, 0.05) is 17.4 Å². The predicted molar refractivity (Wildman–Crippen MR) is 95.6 cm³/mol. The number of nitrogens with zero attached hydrogens (tertiary/aromatic N) is 1. The molecule has 0 spiro atoms. The van der Waals surface area contributed by atoms with Crippen LogP contribution < -0.4 is 0 Å². The maximum absolute atomic E-state index is 12.3. The highest BCUT2D eigenvalue weighted by Crippen LogP contribution is 2.38. The standard InChI is InChI=1S/C19H23NO4S/c1-14-13-18(15(2)20(14)16-9-10-16)19(21)24-11-6-12-25(22,23)17-7-4-3-5-8-17/h3-5,7-8,13,16H,6,9-12H2,1-2H3. The summed E-state index contributed by atoms with van der Waals surface area (Å²) in [6.07, 6.45) is 2.59. The molecule has 0 saturated heterocycles. The van der Waals surface area contributed by atoms with Gasteiger partial charge in [-0.3, -0.25) is 0 Å². The molecule has 3 rings (SSSR count). The van der Waals surface area contributed by atoms with Crippen LogP contribution in [0.5, 0.6) is 0 Å². The fourth-order valence-electron chi connectivity index (χ4n) is 3.12. The number of hydrogen-bond acceptors (Lipinski definition) is 4. The molecule has 5 nitrogen and oxygen atoms in total. The van der Waals surface area contributed by atoms with Crippen molar-refractivity contribution in [3.05, 3.63) is 53.3 Å². The monoisotopic (exact) mass is 361 g/mol. The molecule has 2 aromatic rings. The van der Waals surface area contributed by atoms with Crippen LogP contribution in [0.2, 0.25) is 0 Å². The lowest BCUT2D eigenvalue weighted by Crippen LogP contribution is -2.12. The highest BCUT2D eigenvalue weighted by Gasteiger charge is 2.28. The molecule has 1 fully saturated rings. The Kier molecular flexibility index (Phi) is 4.99. The second-order valence-electron chi connectivity index (χ2n) is 6.51. The highest BCUT2D eigenvalue weighted by molar-refractivity contribution is 7.91. The van der Waals surface area contributed by atoms with Crippen molar-refractivity contribution in [3.8, 4) is 0 Å². The number of benzene rings is 1. The van der Waals surface area contributed by atoms with Crippen molar-refractivity contribution in [1.29, 1.82) is 0 Å². The molecule has 0 amide bonds. The van der Waals surface area contributed by atoms with E-state index in [4.69, 9.17) is 4.74 Å². The molecule has 0 bridgehead atoms. The summed E-state index contributed by atoms with van der Waals surface area (Å²) < 4.78 is 31.9. The van der Waals surface area contributed by atoms with Gasteiger partial charge in [-0.2, -0.15) is 0 Å². The van der Waals surface area contributed by atoms with E-state index in [1.807, 2.05) is 19.9 Å². The van der Waals surface area contributed by atoms with Crippen LogP contribution in [-0.4, -0.2) is 31.3 Å². The third-order valence-corrected chi connectivity index (χ3v) is 6.33. The fraction of sp³-hybridized carbons (Fsp3) is 0.421. The molecule has 25 heavy (non-hydrogen) atoms. The van der Waals surface area contributed by atoms with Gasteiger partial charge in [0.1, 0.15) is 0 Å². The number of aryl methyl sites for hydroxylation is 1. The van der Waals surface area contributed by atoms with E-state index >= 15 is 0 Å². The van der Waals surface area contributed by atoms with Gasteiger partial charge in [0.25, 0.3) is 0 Å². The zero-order chi connectivity index (χ0) is 18.0. The van der Waals surface area contributed by atoms with E-state index < -0.39 is 9.84 Å². The summed E-state index contributed by atoms with van der Waals surface area (Å²) in [4.78, 5) is 12.6. The summed E-state index contributed by atoms with van der Waals surface area (Å²) in [5.74, 6) is -0.414. The van der Waals surface area contributed by atoms with Gasteiger partial charge in [0.2, 0.25) is 0 Å². The number of sulfone groups is 1. The van der Waals surface area contributed by atoms with Crippen LogP contribution in [0.3, 0.4) is 0 Å². The average Bonchev–Trinajstić information content (AvgIpc) is 3.37. The fourth-order valence-corrected chi connectivity index (χ4v) is 4.42. The molecule has 0 atom stereocenters. The third kappa shape index (κ3) is 3.95. The van der Waals surface area contributed by atoms with Crippen LogP contribution in [0, 0.1) is 13.8 Å². The largest absolute Gasteiger partial charge is 0.462 e. The van der Waals surface area contributed by atoms with Crippen molar-refractivity contribution >= 4 is 15.8 Å². The summed E-state index contributed by atoms with van der Waals surface area (Å²) in [6.45, 7) is 4.02. The number of hydrogen-bond donors (Lipinski definition) is 0. The van der Waals surface area contributed by atoms with Crippen LogP contribution in [0.15, 0.2) is 41.3 Å². The zero-order valence-corrected chi connectivity index (χ0v) is 15.4. The first-order chi connectivity index (χ1) is 11.9. The Hall–Kier alpha value is -2.08. The molecule has 1 aliphatic carbocycles. The molecule has 1 aromatic carbocycles. The van der Waals surface area contributed by atoms with Crippen LogP contribution in [0.1, 0.15) is 47.1 Å². The molecule has 134 valence electrons. The van der Waals surface area contributed by atoms with E-state index in [-0.39, 0.29) is 24.7 Å². The Balaban J connectivity index is 1.54. The minimum Gasteiger partial charge on any atom is -0.462 e. The highest BCUT2D eigenvalue weighted by atomic mass is 32.2. The van der Waals surface area contributed by atoms with Gasteiger partial charge < -0.3 is 9.30 Å². The molecule has 0 N–H and O–H groups in total. The molecular formula is C19H23NO4S. The molecule has 6 heteroatoms. The van der Waals surface area contributed by atoms with Crippen molar-refractivity contribution in [3.63, 3.8) is 0 Å². The second kappa shape index (κ2) is 7.04. The van der Waals surface area contributed by atoms with Gasteiger partial charge in [-0.05, 0) is 51.3 Å². The predicted octanol–water partition coefficient (Wildman–Crippen LogP) is 3.46. The van der Waals surface area contributed by atoms with E-state index in [9.17, 15) is 13.2 Å². The van der Waals surface area contributed by atoms with Gasteiger partial charge >= 0.3 is 5.97 Å². The normalized spacial score (nSPS) is 14.5. The number of carbonyl (C=O) groups excluding carboxylic acids is 1. The number of rotatable bonds is 7. The second-order valence-corrected chi connectivity index (χ2v) is 8.62. The van der Waals surface area contributed by atoms with E-state index in [1.54, 1.807) is 30.3 Å². The van der Waals surface area contributed by atoms with Crippen molar-refractivity contribution in [1.82, 2.24) is 4.57 Å². The van der Waals surface area contributed by atoms with Gasteiger partial charge in [-0.15, -0.1) is 0 Å². The van der Waals surface area contributed by atoms with Crippen LogP contribution in [-0.2, 0) is 14.6 Å². The first-order valence-corrected chi connectivity index (χ1v) is 10.2. The number of aromatic nitrogens is 1. The first-order valence-electron chi connectivity index (χ1n) is 8.53. The Morgan fingerprint density at radius 1 is 1.20 bits per heavy atom. The van der Waals surface area contributed by atoms with Crippen molar-refractivity contribution < 1.29 is 17.9 Å². The molecule has 1 aliphatic rings. The van der Waals surface area contributed by atoms with Gasteiger partial charge in [0.15, 0.2) is 9.84 Å². The summed E-state index contributed by atoms with van der Waals surface area (Å²) in [5, 5.41) is 0. The van der Waals surface area contributed by atoms with E-state index in [2.05, 4.69) is 4.57 Å². The molecule has 0 unspecified atom stereocenters. The lowest BCUT2D eigenvalue weighted by atomic mass is 10.2. The zero-order valence-electron chi connectivity index (χ0n) is 14.6. The van der Waals surface area contributed by atoms with E-state index in [0.717, 1.165) is 24.2 Å². The number of esters is 1. The molecular weight excluding hydrogens is 338 g/mol. The summed E-state index contributed by atoms with van der Waals surface area (Å²) in [6, 6.07) is 10.7. The number of carbonyl (C=O) groups is 1. The Morgan fingerprint density at radius 3 is 2.52 bits per heavy atom. The van der Waals surface area contributed by atoms with Crippen LogP contribution in [0.25, 0.3) is 0 Å².